The highest BCUT2D eigenvalue weighted by molar-refractivity contribution is 6.33. The third-order valence-corrected chi connectivity index (χ3v) is 5.22. The Balaban J connectivity index is 1.38. The molecule has 10 heteroatoms. The quantitative estimate of drug-likeness (QED) is 0.651. The third-order valence-electron chi connectivity index (χ3n) is 4.95. The van der Waals surface area contributed by atoms with Gasteiger partial charge in [0.15, 0.2) is 0 Å². The second kappa shape index (κ2) is 7.55. The number of para-hydroxylation sites is 2. The van der Waals surface area contributed by atoms with E-state index in [4.69, 9.17) is 11.6 Å². The maximum absolute atomic E-state index is 12.8. The molecule has 1 amide bonds. The lowest BCUT2D eigenvalue weighted by atomic mass is 9.96. The summed E-state index contributed by atoms with van der Waals surface area (Å²) >= 11 is 6.02. The Bertz CT molecular complexity index is 1010. The van der Waals surface area contributed by atoms with Crippen molar-refractivity contribution >= 4 is 40.3 Å². The van der Waals surface area contributed by atoms with Crippen LogP contribution in [0.3, 0.4) is 0 Å². The molecule has 0 unspecified atom stereocenters. The van der Waals surface area contributed by atoms with Crippen LogP contribution < -0.4 is 10.2 Å². The predicted octanol–water partition coefficient (Wildman–Crippen LogP) is 4.49. The molecule has 2 aromatic heterocycles. The highest BCUT2D eigenvalue weighted by Gasteiger charge is 2.33. The van der Waals surface area contributed by atoms with Crippen LogP contribution in [0.25, 0.3) is 11.0 Å². The number of aromatic nitrogens is 3. The van der Waals surface area contributed by atoms with Crippen molar-refractivity contribution in [1.29, 1.82) is 0 Å². The first kappa shape index (κ1) is 19.5. The molecule has 0 spiro atoms. The van der Waals surface area contributed by atoms with Crippen LogP contribution in [0.4, 0.5) is 24.9 Å². The molecule has 1 aliphatic heterocycles. The minimum Gasteiger partial charge on any atom is -0.355 e. The van der Waals surface area contributed by atoms with E-state index in [2.05, 4.69) is 20.3 Å². The molecule has 29 heavy (non-hydrogen) atoms. The Hall–Kier alpha value is -2.81. The number of benzene rings is 1. The van der Waals surface area contributed by atoms with Gasteiger partial charge in [0.2, 0.25) is 11.9 Å². The van der Waals surface area contributed by atoms with Gasteiger partial charge in [0.1, 0.15) is 5.82 Å². The molecule has 3 aromatic rings. The number of nitrogens with one attached hydrogen (secondary N) is 2. The fourth-order valence-electron chi connectivity index (χ4n) is 3.40. The summed E-state index contributed by atoms with van der Waals surface area (Å²) in [6, 6.07) is 8.34. The van der Waals surface area contributed by atoms with Crippen LogP contribution in [0.2, 0.25) is 5.02 Å². The Morgan fingerprint density at radius 1 is 1.24 bits per heavy atom. The molecule has 1 saturated heterocycles. The van der Waals surface area contributed by atoms with Crippen molar-refractivity contribution in [3.8, 4) is 0 Å². The maximum atomic E-state index is 12.8. The topological polar surface area (TPSA) is 73.9 Å². The molecule has 3 heterocycles. The van der Waals surface area contributed by atoms with Gasteiger partial charge in [0, 0.05) is 25.2 Å². The number of amides is 1. The first-order valence-electron chi connectivity index (χ1n) is 9.04. The van der Waals surface area contributed by atoms with Crippen molar-refractivity contribution in [1.82, 2.24) is 15.0 Å². The van der Waals surface area contributed by atoms with Crippen LogP contribution in [-0.4, -0.2) is 33.9 Å². The standard InChI is InChI=1S/C19H17ClF3N5O/c20-13-9-12(19(21,22)23)10-24-16(13)28-7-5-11(6-8-28)17(29)27-18-25-14-3-1-2-4-15(14)26-18/h1-4,9-11H,5-8H2,(H2,25,26,27,29). The normalized spacial score (nSPS) is 15.7. The largest absolute Gasteiger partial charge is 0.417 e. The molecule has 0 saturated carbocycles. The molecular weight excluding hydrogens is 407 g/mol. The Morgan fingerprint density at radius 3 is 2.62 bits per heavy atom. The summed E-state index contributed by atoms with van der Waals surface area (Å²) in [6.07, 6.45) is -2.64. The smallest absolute Gasteiger partial charge is 0.355 e. The Morgan fingerprint density at radius 2 is 1.97 bits per heavy atom. The summed E-state index contributed by atoms with van der Waals surface area (Å²) in [6.45, 7) is 0.937. The summed E-state index contributed by atoms with van der Waals surface area (Å²) in [4.78, 5) is 25.6. The monoisotopic (exact) mass is 423 g/mol. The lowest BCUT2D eigenvalue weighted by Gasteiger charge is -2.32. The van der Waals surface area contributed by atoms with Gasteiger partial charge in [-0.05, 0) is 31.0 Å². The summed E-state index contributed by atoms with van der Waals surface area (Å²) < 4.78 is 38.3. The van der Waals surface area contributed by atoms with E-state index in [-0.39, 0.29) is 16.8 Å². The zero-order valence-corrected chi connectivity index (χ0v) is 15.9. The van der Waals surface area contributed by atoms with Gasteiger partial charge < -0.3 is 9.88 Å². The molecule has 0 aliphatic carbocycles. The number of anilines is 2. The van der Waals surface area contributed by atoms with Crippen LogP contribution in [0.5, 0.6) is 0 Å². The number of imidazole rings is 1. The summed E-state index contributed by atoms with van der Waals surface area (Å²) in [5, 5.41) is 2.75. The number of aromatic amines is 1. The molecule has 4 rings (SSSR count). The van der Waals surface area contributed by atoms with Crippen molar-refractivity contribution in [2.24, 2.45) is 5.92 Å². The Labute approximate surface area is 169 Å². The van der Waals surface area contributed by atoms with Gasteiger partial charge in [-0.25, -0.2) is 9.97 Å². The van der Waals surface area contributed by atoms with Gasteiger partial charge in [0.05, 0.1) is 21.6 Å². The number of H-pyrrole nitrogens is 1. The van der Waals surface area contributed by atoms with Gasteiger partial charge >= 0.3 is 6.18 Å². The average molecular weight is 424 g/mol. The number of carbonyl (C=O) groups is 1. The van der Waals surface area contributed by atoms with E-state index in [1.54, 1.807) is 4.90 Å². The number of alkyl halides is 3. The van der Waals surface area contributed by atoms with Gasteiger partial charge in [-0.2, -0.15) is 13.2 Å². The van der Waals surface area contributed by atoms with Crippen LogP contribution in [-0.2, 0) is 11.0 Å². The molecule has 0 atom stereocenters. The van der Waals surface area contributed by atoms with Crippen LogP contribution in [0.1, 0.15) is 18.4 Å². The Kier molecular flexibility index (Phi) is 5.08. The number of fused-ring (bicyclic) bond motifs is 1. The average Bonchev–Trinajstić information content (AvgIpc) is 3.09. The van der Waals surface area contributed by atoms with Crippen LogP contribution >= 0.6 is 11.6 Å². The second-order valence-corrected chi connectivity index (χ2v) is 7.29. The maximum Gasteiger partial charge on any atom is 0.417 e. The minimum atomic E-state index is -4.49. The van der Waals surface area contributed by atoms with Crippen molar-refractivity contribution in [2.75, 3.05) is 23.3 Å². The summed E-state index contributed by atoms with van der Waals surface area (Å²) in [5.41, 5.74) is 0.715. The zero-order valence-electron chi connectivity index (χ0n) is 15.1. The van der Waals surface area contributed by atoms with Gasteiger partial charge in [-0.1, -0.05) is 23.7 Å². The molecule has 1 aromatic carbocycles. The van der Waals surface area contributed by atoms with E-state index in [0.29, 0.717) is 37.7 Å². The third kappa shape index (κ3) is 4.14. The fourth-order valence-corrected chi connectivity index (χ4v) is 3.69. The van der Waals surface area contributed by atoms with Crippen molar-refractivity contribution in [3.63, 3.8) is 0 Å². The number of pyridine rings is 1. The number of carbonyl (C=O) groups excluding carboxylic acids is 1. The second-order valence-electron chi connectivity index (χ2n) is 6.88. The number of piperidine rings is 1. The molecule has 2 N–H and O–H groups in total. The minimum absolute atomic E-state index is 0.0509. The van der Waals surface area contributed by atoms with Crippen molar-refractivity contribution < 1.29 is 18.0 Å². The molecule has 0 radical (unpaired) electrons. The van der Waals surface area contributed by atoms with E-state index in [0.717, 1.165) is 23.3 Å². The van der Waals surface area contributed by atoms with Crippen LogP contribution in [0, 0.1) is 5.92 Å². The number of hydrogen-bond acceptors (Lipinski definition) is 4. The first-order chi connectivity index (χ1) is 13.8. The van der Waals surface area contributed by atoms with E-state index in [1.165, 1.54) is 0 Å². The summed E-state index contributed by atoms with van der Waals surface area (Å²) in [7, 11) is 0. The van der Waals surface area contributed by atoms with E-state index in [1.807, 2.05) is 24.3 Å². The lowest BCUT2D eigenvalue weighted by molar-refractivity contribution is -0.137. The molecule has 1 fully saturated rings. The lowest BCUT2D eigenvalue weighted by Crippen LogP contribution is -2.38. The van der Waals surface area contributed by atoms with Gasteiger partial charge in [0.25, 0.3) is 0 Å². The number of nitrogens with zero attached hydrogens (tertiary/aromatic N) is 3. The zero-order chi connectivity index (χ0) is 20.6. The summed E-state index contributed by atoms with van der Waals surface area (Å²) in [5.74, 6) is 0.324. The van der Waals surface area contributed by atoms with Crippen molar-refractivity contribution in [3.05, 3.63) is 47.1 Å². The predicted molar refractivity (Wildman–Crippen MR) is 104 cm³/mol. The molecular formula is C19H17ClF3N5O. The van der Waals surface area contributed by atoms with E-state index in [9.17, 15) is 18.0 Å². The highest BCUT2D eigenvalue weighted by atomic mass is 35.5. The van der Waals surface area contributed by atoms with E-state index < -0.39 is 11.7 Å². The fraction of sp³-hybridized carbons (Fsp3) is 0.316. The molecule has 0 bridgehead atoms. The number of hydrogen-bond donors (Lipinski definition) is 2. The number of rotatable bonds is 3. The van der Waals surface area contributed by atoms with Crippen molar-refractivity contribution in [2.45, 2.75) is 19.0 Å². The molecule has 1 aliphatic rings. The van der Waals surface area contributed by atoms with E-state index >= 15 is 0 Å². The molecule has 152 valence electrons. The van der Waals surface area contributed by atoms with Crippen LogP contribution in [0.15, 0.2) is 36.5 Å². The number of halogens is 4. The van der Waals surface area contributed by atoms with Gasteiger partial charge in [-0.15, -0.1) is 0 Å². The molecule has 6 nitrogen and oxygen atoms in total. The SMILES string of the molecule is O=C(Nc1nc2ccccc2[nH]1)C1CCN(c2ncc(C(F)(F)F)cc2Cl)CC1. The van der Waals surface area contributed by atoms with Gasteiger partial charge in [-0.3, -0.25) is 10.1 Å². The first-order valence-corrected chi connectivity index (χ1v) is 9.42. The highest BCUT2D eigenvalue weighted by Crippen LogP contribution is 2.34.